The van der Waals surface area contributed by atoms with Crippen molar-refractivity contribution in [1.29, 1.82) is 0 Å². The molecule has 1 fully saturated rings. The predicted molar refractivity (Wildman–Crippen MR) is 86.5 cm³/mol. The van der Waals surface area contributed by atoms with E-state index in [1.807, 2.05) is 12.1 Å². The van der Waals surface area contributed by atoms with Crippen LogP contribution in [0.25, 0.3) is 0 Å². The van der Waals surface area contributed by atoms with Crippen LogP contribution < -0.4 is 9.80 Å². The molecule has 0 radical (unpaired) electrons. The molecule has 1 saturated heterocycles. The van der Waals surface area contributed by atoms with Gasteiger partial charge in [0.05, 0.1) is 0 Å². The normalized spacial score (nSPS) is 15.8. The molecule has 1 aromatic carbocycles. The van der Waals surface area contributed by atoms with E-state index in [0.29, 0.717) is 11.7 Å². The van der Waals surface area contributed by atoms with Gasteiger partial charge in [-0.2, -0.15) is 0 Å². The molecule has 0 saturated carbocycles. The van der Waals surface area contributed by atoms with Crippen molar-refractivity contribution in [2.24, 2.45) is 0 Å². The maximum Gasteiger partial charge on any atom is 0.208 e. The van der Waals surface area contributed by atoms with Crippen LogP contribution in [0.2, 0.25) is 0 Å². The first-order valence-electron chi connectivity index (χ1n) is 7.26. The first kappa shape index (κ1) is 14.1. The minimum atomic E-state index is 0.312. The number of piperazine rings is 1. The summed E-state index contributed by atoms with van der Waals surface area (Å²) in [4.78, 5) is 4.64. The van der Waals surface area contributed by atoms with Crippen molar-refractivity contribution in [3.8, 4) is 5.75 Å². The first-order chi connectivity index (χ1) is 10.1. The fraction of sp³-hybridized carbons (Fsp3) is 0.467. The SMILES string of the molecule is CC(C)c1nnc(N2CCN(c3ccc(O)cc3)CC2)s1. The Kier molecular flexibility index (Phi) is 3.96. The number of nitrogens with zero attached hydrogens (tertiary/aromatic N) is 4. The molecule has 1 N–H and O–H groups in total. The van der Waals surface area contributed by atoms with Crippen LogP contribution in [-0.2, 0) is 0 Å². The number of phenols is 1. The molecule has 1 aliphatic rings. The van der Waals surface area contributed by atoms with Crippen LogP contribution in [0.15, 0.2) is 24.3 Å². The maximum absolute atomic E-state index is 9.35. The van der Waals surface area contributed by atoms with E-state index in [1.54, 1.807) is 23.5 Å². The summed E-state index contributed by atoms with van der Waals surface area (Å²) >= 11 is 1.70. The number of phenolic OH excluding ortho intramolecular Hbond substituents is 1. The molecule has 0 spiro atoms. The second-order valence-corrected chi connectivity index (χ2v) is 6.56. The van der Waals surface area contributed by atoms with Gasteiger partial charge in [0, 0.05) is 37.8 Å². The molecule has 0 unspecified atom stereocenters. The second-order valence-electron chi connectivity index (χ2n) is 5.57. The Balaban J connectivity index is 1.63. The zero-order valence-corrected chi connectivity index (χ0v) is 13.2. The third-order valence-electron chi connectivity index (χ3n) is 3.69. The topological polar surface area (TPSA) is 52.5 Å². The van der Waals surface area contributed by atoms with Crippen LogP contribution in [-0.4, -0.2) is 41.5 Å². The van der Waals surface area contributed by atoms with Crippen LogP contribution >= 0.6 is 11.3 Å². The highest BCUT2D eigenvalue weighted by molar-refractivity contribution is 7.15. The zero-order valence-electron chi connectivity index (χ0n) is 12.4. The fourth-order valence-electron chi connectivity index (χ4n) is 2.41. The monoisotopic (exact) mass is 304 g/mol. The van der Waals surface area contributed by atoms with Crippen LogP contribution in [0.1, 0.15) is 24.8 Å². The van der Waals surface area contributed by atoms with Gasteiger partial charge in [-0.3, -0.25) is 0 Å². The van der Waals surface area contributed by atoms with Gasteiger partial charge in [-0.1, -0.05) is 25.2 Å². The molecule has 21 heavy (non-hydrogen) atoms. The molecule has 2 aromatic rings. The average molecular weight is 304 g/mol. The fourth-order valence-corrected chi connectivity index (χ4v) is 3.30. The van der Waals surface area contributed by atoms with Crippen molar-refractivity contribution in [1.82, 2.24) is 10.2 Å². The Hall–Kier alpha value is -1.82. The highest BCUT2D eigenvalue weighted by Gasteiger charge is 2.20. The van der Waals surface area contributed by atoms with E-state index in [1.165, 1.54) is 0 Å². The summed E-state index contributed by atoms with van der Waals surface area (Å²) in [6.07, 6.45) is 0. The van der Waals surface area contributed by atoms with Gasteiger partial charge in [-0.05, 0) is 24.3 Å². The Bertz CT molecular complexity index is 588. The second kappa shape index (κ2) is 5.89. The third-order valence-corrected chi connectivity index (χ3v) is 4.97. The molecular weight excluding hydrogens is 284 g/mol. The standard InChI is InChI=1S/C15H20N4OS/c1-11(2)14-16-17-15(21-14)19-9-7-18(8-10-19)12-3-5-13(20)6-4-12/h3-6,11,20H,7-10H2,1-2H3. The van der Waals surface area contributed by atoms with Crippen LogP contribution in [0.4, 0.5) is 10.8 Å². The highest BCUT2D eigenvalue weighted by Crippen LogP contribution is 2.27. The van der Waals surface area contributed by atoms with Crippen molar-refractivity contribution >= 4 is 22.2 Å². The van der Waals surface area contributed by atoms with Gasteiger partial charge in [0.25, 0.3) is 0 Å². The summed E-state index contributed by atoms with van der Waals surface area (Å²) in [5.41, 5.74) is 1.16. The average Bonchev–Trinajstić information content (AvgIpc) is 2.98. The van der Waals surface area contributed by atoms with E-state index < -0.39 is 0 Å². The van der Waals surface area contributed by atoms with Gasteiger partial charge in [0.2, 0.25) is 5.13 Å². The van der Waals surface area contributed by atoms with Gasteiger partial charge >= 0.3 is 0 Å². The van der Waals surface area contributed by atoms with Gasteiger partial charge in [-0.15, -0.1) is 10.2 Å². The van der Waals surface area contributed by atoms with E-state index in [-0.39, 0.29) is 0 Å². The minimum Gasteiger partial charge on any atom is -0.508 e. The molecule has 1 aliphatic heterocycles. The van der Waals surface area contributed by atoms with E-state index in [4.69, 9.17) is 0 Å². The summed E-state index contributed by atoms with van der Waals surface area (Å²) in [5, 5.41) is 20.1. The van der Waals surface area contributed by atoms with Crippen molar-refractivity contribution < 1.29 is 5.11 Å². The number of hydrogen-bond donors (Lipinski definition) is 1. The molecule has 0 amide bonds. The number of rotatable bonds is 3. The van der Waals surface area contributed by atoms with Crippen molar-refractivity contribution in [2.75, 3.05) is 36.0 Å². The van der Waals surface area contributed by atoms with Crippen LogP contribution in [0.3, 0.4) is 0 Å². The number of benzene rings is 1. The van der Waals surface area contributed by atoms with Gasteiger partial charge in [0.1, 0.15) is 10.8 Å². The van der Waals surface area contributed by atoms with Crippen LogP contribution in [0.5, 0.6) is 5.75 Å². The molecule has 112 valence electrons. The Labute approximate surface area is 128 Å². The van der Waals surface area contributed by atoms with Crippen molar-refractivity contribution in [2.45, 2.75) is 19.8 Å². The molecule has 2 heterocycles. The lowest BCUT2D eigenvalue weighted by molar-refractivity contribution is 0.475. The van der Waals surface area contributed by atoms with Gasteiger partial charge in [-0.25, -0.2) is 0 Å². The Morgan fingerprint density at radius 1 is 1.00 bits per heavy atom. The smallest absolute Gasteiger partial charge is 0.208 e. The van der Waals surface area contributed by atoms with E-state index >= 15 is 0 Å². The lowest BCUT2D eigenvalue weighted by atomic mass is 10.2. The summed E-state index contributed by atoms with van der Waals surface area (Å²) < 4.78 is 0. The largest absolute Gasteiger partial charge is 0.508 e. The van der Waals surface area contributed by atoms with E-state index in [9.17, 15) is 5.11 Å². The molecule has 5 nitrogen and oxygen atoms in total. The quantitative estimate of drug-likeness (QED) is 0.945. The molecule has 0 bridgehead atoms. The predicted octanol–water partition coefficient (Wildman–Crippen LogP) is 2.69. The third kappa shape index (κ3) is 3.10. The minimum absolute atomic E-state index is 0.312. The maximum atomic E-state index is 9.35. The number of anilines is 2. The molecule has 3 rings (SSSR count). The van der Waals surface area contributed by atoms with Crippen molar-refractivity contribution in [3.05, 3.63) is 29.3 Å². The molecule has 0 atom stereocenters. The number of aromatic nitrogens is 2. The zero-order chi connectivity index (χ0) is 14.8. The Morgan fingerprint density at radius 2 is 1.62 bits per heavy atom. The highest BCUT2D eigenvalue weighted by atomic mass is 32.1. The van der Waals surface area contributed by atoms with Gasteiger partial charge < -0.3 is 14.9 Å². The Morgan fingerprint density at radius 3 is 2.19 bits per heavy atom. The number of aromatic hydroxyl groups is 1. The van der Waals surface area contributed by atoms with E-state index in [2.05, 4.69) is 33.8 Å². The summed E-state index contributed by atoms with van der Waals surface area (Å²) in [6.45, 7) is 8.12. The molecule has 0 aliphatic carbocycles. The lowest BCUT2D eigenvalue weighted by Crippen LogP contribution is -2.46. The lowest BCUT2D eigenvalue weighted by Gasteiger charge is -2.35. The summed E-state index contributed by atoms with van der Waals surface area (Å²) in [7, 11) is 0. The molecular formula is C15H20N4OS. The van der Waals surface area contributed by atoms with Gasteiger partial charge in [0.15, 0.2) is 0 Å². The first-order valence-corrected chi connectivity index (χ1v) is 8.07. The van der Waals surface area contributed by atoms with Crippen molar-refractivity contribution in [3.63, 3.8) is 0 Å². The van der Waals surface area contributed by atoms with Crippen LogP contribution in [0, 0.1) is 0 Å². The molecule has 1 aromatic heterocycles. The summed E-state index contributed by atoms with van der Waals surface area (Å²) in [6, 6.07) is 7.41. The number of hydrogen-bond acceptors (Lipinski definition) is 6. The summed E-state index contributed by atoms with van der Waals surface area (Å²) in [5.74, 6) is 0.752. The van der Waals surface area contributed by atoms with E-state index in [0.717, 1.165) is 42.0 Å². The molecule has 6 heteroatoms.